The number of nitrogen functional groups attached to an aromatic ring is 1. The Hall–Kier alpha value is -2.04. The number of hydrogen-bond acceptors (Lipinski definition) is 4. The molecule has 2 unspecified atom stereocenters. The lowest BCUT2D eigenvalue weighted by atomic mass is 9.96. The van der Waals surface area contributed by atoms with E-state index in [0.717, 1.165) is 54.4 Å². The molecular formula is C19H21NO3. The Balaban J connectivity index is 1.67. The first-order chi connectivity index (χ1) is 11.2. The molecule has 0 amide bonds. The molecule has 0 aromatic heterocycles. The average Bonchev–Trinajstić information content (AvgIpc) is 3.43. The van der Waals surface area contributed by atoms with Gasteiger partial charge < -0.3 is 19.9 Å². The highest BCUT2D eigenvalue weighted by atomic mass is 16.6. The molecular weight excluding hydrogens is 290 g/mol. The highest BCUT2D eigenvalue weighted by Crippen LogP contribution is 2.36. The quantitative estimate of drug-likeness (QED) is 0.657. The summed E-state index contributed by atoms with van der Waals surface area (Å²) in [6.07, 6.45) is 2.27. The van der Waals surface area contributed by atoms with Gasteiger partial charge >= 0.3 is 0 Å². The van der Waals surface area contributed by atoms with Gasteiger partial charge in [0.15, 0.2) is 0 Å². The van der Waals surface area contributed by atoms with E-state index in [2.05, 4.69) is 19.1 Å². The standard InChI is InChI=1S/C19H21NO3/c1-12-2-4-13(5-3-12)23-19-7-6-18(20)16(8-14-10-21-14)17(19)9-15-11-22-15/h2-7,14-15H,8-11,20H2,1H3. The van der Waals surface area contributed by atoms with Crippen LogP contribution in [-0.4, -0.2) is 25.4 Å². The van der Waals surface area contributed by atoms with E-state index in [0.29, 0.717) is 6.10 Å². The van der Waals surface area contributed by atoms with Crippen molar-refractivity contribution in [2.24, 2.45) is 0 Å². The molecule has 0 aliphatic carbocycles. The number of anilines is 1. The van der Waals surface area contributed by atoms with Crippen molar-refractivity contribution < 1.29 is 14.2 Å². The zero-order valence-corrected chi connectivity index (χ0v) is 13.2. The van der Waals surface area contributed by atoms with Crippen LogP contribution in [0, 0.1) is 6.92 Å². The summed E-state index contributed by atoms with van der Waals surface area (Å²) in [6, 6.07) is 12.0. The molecule has 2 aliphatic rings. The normalized spacial score (nSPS) is 22.0. The molecule has 4 nitrogen and oxygen atoms in total. The van der Waals surface area contributed by atoms with Crippen LogP contribution in [0.2, 0.25) is 0 Å². The molecule has 0 bridgehead atoms. The molecule has 2 N–H and O–H groups in total. The van der Waals surface area contributed by atoms with Gasteiger partial charge in [0.1, 0.15) is 11.5 Å². The summed E-state index contributed by atoms with van der Waals surface area (Å²) in [7, 11) is 0. The molecule has 4 rings (SSSR count). The van der Waals surface area contributed by atoms with Crippen molar-refractivity contribution in [1.29, 1.82) is 0 Å². The number of hydrogen-bond donors (Lipinski definition) is 1. The third-order valence-corrected chi connectivity index (χ3v) is 4.34. The maximum atomic E-state index is 6.22. The van der Waals surface area contributed by atoms with Crippen LogP contribution in [0.5, 0.6) is 11.5 Å². The van der Waals surface area contributed by atoms with E-state index in [1.54, 1.807) is 0 Å². The lowest BCUT2D eigenvalue weighted by Gasteiger charge is -2.17. The molecule has 2 aromatic carbocycles. The van der Waals surface area contributed by atoms with Crippen LogP contribution >= 0.6 is 0 Å². The molecule has 0 saturated carbocycles. The van der Waals surface area contributed by atoms with Gasteiger partial charge in [-0.15, -0.1) is 0 Å². The Labute approximate surface area is 136 Å². The lowest BCUT2D eigenvalue weighted by molar-refractivity contribution is 0.397. The molecule has 0 radical (unpaired) electrons. The fraction of sp³-hybridized carbons (Fsp3) is 0.368. The van der Waals surface area contributed by atoms with E-state index in [4.69, 9.17) is 19.9 Å². The fourth-order valence-electron chi connectivity index (χ4n) is 2.81. The number of ether oxygens (including phenoxy) is 3. The second-order valence-electron chi connectivity index (χ2n) is 6.34. The van der Waals surface area contributed by atoms with Gasteiger partial charge in [0.2, 0.25) is 0 Å². The van der Waals surface area contributed by atoms with Gasteiger partial charge in [-0.3, -0.25) is 0 Å². The van der Waals surface area contributed by atoms with Gasteiger partial charge in [0.25, 0.3) is 0 Å². The minimum absolute atomic E-state index is 0.288. The van der Waals surface area contributed by atoms with Crippen molar-refractivity contribution in [2.75, 3.05) is 18.9 Å². The van der Waals surface area contributed by atoms with Crippen molar-refractivity contribution in [3.8, 4) is 11.5 Å². The predicted octanol–water partition coefficient (Wildman–Crippen LogP) is 3.25. The summed E-state index contributed by atoms with van der Waals surface area (Å²) in [5.41, 5.74) is 10.6. The van der Waals surface area contributed by atoms with Gasteiger partial charge in [0, 0.05) is 24.1 Å². The molecule has 2 aromatic rings. The number of aryl methyl sites for hydroxylation is 1. The molecule has 2 fully saturated rings. The second kappa shape index (κ2) is 5.87. The zero-order valence-electron chi connectivity index (χ0n) is 13.2. The molecule has 120 valence electrons. The van der Waals surface area contributed by atoms with Crippen LogP contribution in [-0.2, 0) is 22.3 Å². The SMILES string of the molecule is Cc1ccc(Oc2ccc(N)c(CC3CO3)c2CC2CO2)cc1. The monoisotopic (exact) mass is 311 g/mol. The highest BCUT2D eigenvalue weighted by Gasteiger charge is 2.30. The first kappa shape index (κ1) is 14.5. The topological polar surface area (TPSA) is 60.3 Å². The summed E-state index contributed by atoms with van der Waals surface area (Å²) in [6.45, 7) is 3.70. The Morgan fingerprint density at radius 3 is 2.17 bits per heavy atom. The molecule has 23 heavy (non-hydrogen) atoms. The molecule has 2 saturated heterocycles. The average molecular weight is 311 g/mol. The first-order valence-corrected chi connectivity index (χ1v) is 8.07. The molecule has 0 spiro atoms. The van der Waals surface area contributed by atoms with E-state index in [-0.39, 0.29) is 6.10 Å². The summed E-state index contributed by atoms with van der Waals surface area (Å²) in [5.74, 6) is 1.71. The van der Waals surface area contributed by atoms with Crippen LogP contribution in [0.3, 0.4) is 0 Å². The number of rotatable bonds is 6. The summed E-state index contributed by atoms with van der Waals surface area (Å²) < 4.78 is 16.9. The summed E-state index contributed by atoms with van der Waals surface area (Å²) >= 11 is 0. The van der Waals surface area contributed by atoms with Gasteiger partial charge in [-0.2, -0.15) is 0 Å². The van der Waals surface area contributed by atoms with Crippen LogP contribution in [0.15, 0.2) is 36.4 Å². The van der Waals surface area contributed by atoms with Crippen molar-refractivity contribution in [3.63, 3.8) is 0 Å². The minimum Gasteiger partial charge on any atom is -0.457 e. The Morgan fingerprint density at radius 2 is 1.57 bits per heavy atom. The highest BCUT2D eigenvalue weighted by molar-refractivity contribution is 5.58. The maximum Gasteiger partial charge on any atom is 0.131 e. The van der Waals surface area contributed by atoms with Crippen LogP contribution < -0.4 is 10.5 Å². The first-order valence-electron chi connectivity index (χ1n) is 8.07. The minimum atomic E-state index is 0.288. The van der Waals surface area contributed by atoms with E-state index in [1.807, 2.05) is 24.3 Å². The van der Waals surface area contributed by atoms with Gasteiger partial charge in [-0.1, -0.05) is 17.7 Å². The van der Waals surface area contributed by atoms with E-state index < -0.39 is 0 Å². The van der Waals surface area contributed by atoms with E-state index in [1.165, 1.54) is 5.56 Å². The van der Waals surface area contributed by atoms with E-state index in [9.17, 15) is 0 Å². The summed E-state index contributed by atoms with van der Waals surface area (Å²) in [5, 5.41) is 0. The number of benzene rings is 2. The van der Waals surface area contributed by atoms with Crippen LogP contribution in [0.4, 0.5) is 5.69 Å². The summed E-state index contributed by atoms with van der Waals surface area (Å²) in [4.78, 5) is 0. The smallest absolute Gasteiger partial charge is 0.131 e. The van der Waals surface area contributed by atoms with Gasteiger partial charge in [0.05, 0.1) is 25.4 Å². The van der Waals surface area contributed by atoms with Crippen molar-refractivity contribution in [2.45, 2.75) is 32.0 Å². The van der Waals surface area contributed by atoms with Crippen molar-refractivity contribution in [1.82, 2.24) is 0 Å². The van der Waals surface area contributed by atoms with E-state index >= 15 is 0 Å². The Bertz CT molecular complexity index is 703. The third-order valence-electron chi connectivity index (χ3n) is 4.34. The molecule has 2 atom stereocenters. The largest absolute Gasteiger partial charge is 0.457 e. The van der Waals surface area contributed by atoms with Crippen LogP contribution in [0.25, 0.3) is 0 Å². The molecule has 2 heterocycles. The number of nitrogens with two attached hydrogens (primary N) is 1. The Kier molecular flexibility index (Phi) is 3.71. The zero-order chi connectivity index (χ0) is 15.8. The van der Waals surface area contributed by atoms with Gasteiger partial charge in [-0.05, 0) is 36.8 Å². The second-order valence-corrected chi connectivity index (χ2v) is 6.34. The number of epoxide rings is 2. The van der Waals surface area contributed by atoms with Crippen molar-refractivity contribution in [3.05, 3.63) is 53.1 Å². The maximum absolute atomic E-state index is 6.22. The molecule has 2 aliphatic heterocycles. The predicted molar refractivity (Wildman–Crippen MR) is 89.0 cm³/mol. The van der Waals surface area contributed by atoms with Gasteiger partial charge in [-0.25, -0.2) is 0 Å². The molecule has 4 heteroatoms. The Morgan fingerprint density at radius 1 is 0.957 bits per heavy atom. The van der Waals surface area contributed by atoms with Crippen molar-refractivity contribution >= 4 is 5.69 Å². The lowest BCUT2D eigenvalue weighted by Crippen LogP contribution is -2.08. The van der Waals surface area contributed by atoms with Crippen LogP contribution in [0.1, 0.15) is 16.7 Å². The third kappa shape index (κ3) is 3.49. The fourth-order valence-corrected chi connectivity index (χ4v) is 2.81.